The highest BCUT2D eigenvalue weighted by molar-refractivity contribution is 5.92. The summed E-state index contributed by atoms with van der Waals surface area (Å²) in [5, 5.41) is 10.1. The number of anilines is 1. The number of nitrogens with zero attached hydrogens (tertiary/aromatic N) is 5. The molecule has 10 nitrogen and oxygen atoms in total. The van der Waals surface area contributed by atoms with Crippen molar-refractivity contribution in [3.8, 4) is 0 Å². The molecule has 3 rings (SSSR count). The molecule has 0 atom stereocenters. The van der Waals surface area contributed by atoms with E-state index in [1.165, 1.54) is 10.6 Å². The zero-order chi connectivity index (χ0) is 18.9. The fourth-order valence-corrected chi connectivity index (χ4v) is 2.20. The van der Waals surface area contributed by atoms with E-state index in [2.05, 4.69) is 20.6 Å². The molecule has 0 aromatic carbocycles. The molecule has 3 aromatic rings. The number of hydrogen-bond acceptors (Lipinski definition) is 7. The van der Waals surface area contributed by atoms with Gasteiger partial charge in [-0.15, -0.1) is 5.10 Å². The summed E-state index contributed by atoms with van der Waals surface area (Å²) < 4.78 is 6.70. The second-order valence-corrected chi connectivity index (χ2v) is 6.54. The van der Waals surface area contributed by atoms with Gasteiger partial charge in [0.25, 0.3) is 0 Å². The Hall–Kier alpha value is -3.43. The Balaban J connectivity index is 1.74. The first-order valence-corrected chi connectivity index (χ1v) is 7.78. The van der Waals surface area contributed by atoms with E-state index in [9.17, 15) is 9.59 Å². The predicted octanol–water partition coefficient (Wildman–Crippen LogP) is 1.78. The van der Waals surface area contributed by atoms with Crippen molar-refractivity contribution in [3.05, 3.63) is 36.3 Å². The second-order valence-electron chi connectivity index (χ2n) is 6.54. The van der Waals surface area contributed by atoms with Crippen molar-refractivity contribution < 1.29 is 19.2 Å². The number of hydrogen-bond donors (Lipinski definition) is 1. The summed E-state index contributed by atoms with van der Waals surface area (Å²) in [5.74, 6) is -0.666. The number of fused-ring (bicyclic) bond motifs is 1. The maximum atomic E-state index is 12.4. The van der Waals surface area contributed by atoms with Crippen molar-refractivity contribution in [2.75, 3.05) is 5.32 Å². The molecule has 0 fully saturated rings. The zero-order valence-corrected chi connectivity index (χ0v) is 14.8. The Labute approximate surface area is 148 Å². The standard InChI is InChI=1S/C16H18N6O4/c1-16(2,3)25-15(24)18-10-8-12(21(4)9-10)14(23)26-22-11-6-5-7-17-13(11)19-20-22/h5-9H,1-4H3,(H,18,24). The molecule has 136 valence electrons. The lowest BCUT2D eigenvalue weighted by Gasteiger charge is -2.19. The molecule has 0 saturated carbocycles. The van der Waals surface area contributed by atoms with E-state index in [0.717, 1.165) is 4.85 Å². The first kappa shape index (κ1) is 17.4. The van der Waals surface area contributed by atoms with Crippen molar-refractivity contribution in [2.45, 2.75) is 26.4 Å². The van der Waals surface area contributed by atoms with Gasteiger partial charge in [0.1, 0.15) is 11.3 Å². The highest BCUT2D eigenvalue weighted by Crippen LogP contribution is 2.16. The van der Waals surface area contributed by atoms with Gasteiger partial charge in [-0.1, -0.05) is 4.85 Å². The van der Waals surface area contributed by atoms with Crippen LogP contribution in [0.1, 0.15) is 31.3 Å². The van der Waals surface area contributed by atoms with Crippen LogP contribution in [0.2, 0.25) is 0 Å². The molecule has 0 aliphatic rings. The van der Waals surface area contributed by atoms with E-state index in [0.29, 0.717) is 16.9 Å². The van der Waals surface area contributed by atoms with Crippen LogP contribution >= 0.6 is 0 Å². The summed E-state index contributed by atoms with van der Waals surface area (Å²) in [7, 11) is 1.65. The van der Waals surface area contributed by atoms with Gasteiger partial charge in [0, 0.05) is 19.4 Å². The number of carbonyl (C=O) groups excluding carboxylic acids is 2. The molecule has 26 heavy (non-hydrogen) atoms. The van der Waals surface area contributed by atoms with E-state index < -0.39 is 17.7 Å². The van der Waals surface area contributed by atoms with E-state index in [4.69, 9.17) is 9.57 Å². The molecule has 0 saturated heterocycles. The van der Waals surface area contributed by atoms with Crippen molar-refractivity contribution in [1.29, 1.82) is 0 Å². The van der Waals surface area contributed by atoms with Crippen molar-refractivity contribution >= 4 is 28.9 Å². The SMILES string of the molecule is Cn1cc(NC(=O)OC(C)(C)C)cc1C(=O)On1nnc2ncccc21. The van der Waals surface area contributed by atoms with Gasteiger partial charge in [0.15, 0.2) is 5.52 Å². The molecule has 3 aromatic heterocycles. The van der Waals surface area contributed by atoms with E-state index in [1.54, 1.807) is 52.3 Å². The molecule has 0 bridgehead atoms. The third-order valence-electron chi connectivity index (χ3n) is 3.22. The first-order valence-electron chi connectivity index (χ1n) is 7.78. The van der Waals surface area contributed by atoms with Crippen LogP contribution in [0.3, 0.4) is 0 Å². The van der Waals surface area contributed by atoms with Crippen molar-refractivity contribution in [1.82, 2.24) is 24.7 Å². The summed E-state index contributed by atoms with van der Waals surface area (Å²) in [4.78, 5) is 34.5. The summed E-state index contributed by atoms with van der Waals surface area (Å²) >= 11 is 0. The summed E-state index contributed by atoms with van der Waals surface area (Å²) in [5.41, 5.74) is 0.812. The lowest BCUT2D eigenvalue weighted by atomic mass is 10.2. The van der Waals surface area contributed by atoms with Crippen LogP contribution in [0.5, 0.6) is 0 Å². The highest BCUT2D eigenvalue weighted by Gasteiger charge is 2.20. The maximum Gasteiger partial charge on any atom is 0.412 e. The van der Waals surface area contributed by atoms with E-state index >= 15 is 0 Å². The van der Waals surface area contributed by atoms with Crippen LogP contribution in [-0.2, 0) is 11.8 Å². The van der Waals surface area contributed by atoms with Gasteiger partial charge in [-0.05, 0) is 44.2 Å². The van der Waals surface area contributed by atoms with Crippen LogP contribution in [0.25, 0.3) is 11.2 Å². The Kier molecular flexibility index (Phi) is 4.33. The second kappa shape index (κ2) is 6.47. The van der Waals surface area contributed by atoms with Crippen LogP contribution in [0.15, 0.2) is 30.6 Å². The number of ether oxygens (including phenoxy) is 1. The number of nitrogens with one attached hydrogen (secondary N) is 1. The molecule has 0 aliphatic heterocycles. The predicted molar refractivity (Wildman–Crippen MR) is 91.5 cm³/mol. The fourth-order valence-electron chi connectivity index (χ4n) is 2.20. The minimum Gasteiger partial charge on any atom is -0.444 e. The molecule has 1 amide bonds. The van der Waals surface area contributed by atoms with Gasteiger partial charge >= 0.3 is 12.1 Å². The van der Waals surface area contributed by atoms with Crippen LogP contribution in [-0.4, -0.2) is 42.4 Å². The fraction of sp³-hybridized carbons (Fsp3) is 0.312. The van der Waals surface area contributed by atoms with Gasteiger partial charge in [-0.3, -0.25) is 5.32 Å². The number of rotatable bonds is 3. The van der Waals surface area contributed by atoms with Crippen LogP contribution in [0, 0.1) is 0 Å². The Morgan fingerprint density at radius 2 is 2.04 bits per heavy atom. The van der Waals surface area contributed by atoms with E-state index in [-0.39, 0.29) is 5.69 Å². The molecule has 0 spiro atoms. The third-order valence-corrected chi connectivity index (χ3v) is 3.22. The molecule has 1 N–H and O–H groups in total. The average Bonchev–Trinajstić information content (AvgIpc) is 3.09. The quantitative estimate of drug-likeness (QED) is 0.710. The number of aromatic nitrogens is 5. The Morgan fingerprint density at radius 3 is 2.77 bits per heavy atom. The minimum absolute atomic E-state index is 0.212. The summed E-state index contributed by atoms with van der Waals surface area (Å²) in [6.07, 6.45) is 2.52. The van der Waals surface area contributed by atoms with E-state index in [1.807, 2.05) is 0 Å². The largest absolute Gasteiger partial charge is 0.444 e. The van der Waals surface area contributed by atoms with Crippen LogP contribution in [0.4, 0.5) is 10.5 Å². The molecular formula is C16H18N6O4. The molecule has 10 heteroatoms. The van der Waals surface area contributed by atoms with Gasteiger partial charge in [0.2, 0.25) is 5.65 Å². The van der Waals surface area contributed by atoms with Gasteiger partial charge < -0.3 is 14.1 Å². The Morgan fingerprint density at radius 1 is 1.27 bits per heavy atom. The number of amides is 1. The average molecular weight is 358 g/mol. The smallest absolute Gasteiger partial charge is 0.412 e. The van der Waals surface area contributed by atoms with Gasteiger partial charge in [-0.25, -0.2) is 14.6 Å². The zero-order valence-electron chi connectivity index (χ0n) is 14.8. The monoisotopic (exact) mass is 358 g/mol. The minimum atomic E-state index is -0.666. The number of carbonyl (C=O) groups is 2. The lowest BCUT2D eigenvalue weighted by molar-refractivity contribution is 0.0397. The molecule has 3 heterocycles. The third kappa shape index (κ3) is 3.79. The normalized spacial score (nSPS) is 11.4. The maximum absolute atomic E-state index is 12.4. The highest BCUT2D eigenvalue weighted by atomic mass is 16.7. The summed E-state index contributed by atoms with van der Waals surface area (Å²) in [6, 6.07) is 4.83. The molecular weight excluding hydrogens is 340 g/mol. The lowest BCUT2D eigenvalue weighted by Crippen LogP contribution is -2.27. The summed E-state index contributed by atoms with van der Waals surface area (Å²) in [6.45, 7) is 5.28. The first-order chi connectivity index (χ1) is 12.2. The van der Waals surface area contributed by atoms with Crippen molar-refractivity contribution in [3.63, 3.8) is 0 Å². The number of pyridine rings is 1. The van der Waals surface area contributed by atoms with Gasteiger partial charge in [-0.2, -0.15) is 0 Å². The van der Waals surface area contributed by atoms with Crippen LogP contribution < -0.4 is 10.2 Å². The molecule has 0 unspecified atom stereocenters. The van der Waals surface area contributed by atoms with Gasteiger partial charge in [0.05, 0.1) is 5.69 Å². The Bertz CT molecular complexity index is 969. The number of aryl methyl sites for hydroxylation is 1. The molecule has 0 aliphatic carbocycles. The molecule has 0 radical (unpaired) electrons. The van der Waals surface area contributed by atoms with Crippen molar-refractivity contribution in [2.24, 2.45) is 7.05 Å². The topological polar surface area (TPSA) is 113 Å².